The summed E-state index contributed by atoms with van der Waals surface area (Å²) in [6.07, 6.45) is -5.65. The summed E-state index contributed by atoms with van der Waals surface area (Å²) < 4.78 is 66.0. The highest BCUT2D eigenvalue weighted by Crippen LogP contribution is 2.40. The van der Waals surface area contributed by atoms with Crippen LogP contribution in [0.3, 0.4) is 0 Å². The summed E-state index contributed by atoms with van der Waals surface area (Å²) in [5.41, 5.74) is 3.47. The molecule has 0 unspecified atom stereocenters. The summed E-state index contributed by atoms with van der Waals surface area (Å²) in [6.45, 7) is 12.3. The van der Waals surface area contributed by atoms with Gasteiger partial charge >= 0.3 is 5.97 Å². The maximum absolute atomic E-state index is 13.1. The third kappa shape index (κ3) is 12.6. The predicted molar refractivity (Wildman–Crippen MR) is 228 cm³/mol. The minimum atomic E-state index is -1.46. The standard InChI is InChI=1S/C48H60O11Si/c1-48(2)58-38-28-41(55-40(42(38)59-48)33-54-46(49)37-24-16-9-17-25-37)57-43-39(32-50-29-34-18-10-6-11-19-34)56-47(51-26-27-60(3,4)5)45(53-31-36-22-14-8-15-23-36)44(43)52-30-35-20-12-7-13-21-35/h6-25,38-45,47H,26-33H2,1-5H3/t38-,39-,40-,41+,42-,43-,44+,45-,47-/m1/s1. The van der Waals surface area contributed by atoms with E-state index in [9.17, 15) is 4.79 Å². The summed E-state index contributed by atoms with van der Waals surface area (Å²) in [4.78, 5) is 13.1. The van der Waals surface area contributed by atoms with Crippen LogP contribution in [0.25, 0.3) is 0 Å². The van der Waals surface area contributed by atoms with Gasteiger partial charge in [0.1, 0.15) is 43.2 Å². The van der Waals surface area contributed by atoms with Gasteiger partial charge in [0.05, 0.1) is 38.1 Å². The molecule has 60 heavy (non-hydrogen) atoms. The molecule has 0 aliphatic carbocycles. The Morgan fingerprint density at radius 1 is 0.650 bits per heavy atom. The first kappa shape index (κ1) is 44.3. The molecule has 4 aromatic carbocycles. The average Bonchev–Trinajstić information content (AvgIpc) is 3.57. The molecule has 11 nitrogen and oxygen atoms in total. The lowest BCUT2D eigenvalue weighted by atomic mass is 9.97. The van der Waals surface area contributed by atoms with Crippen LogP contribution in [0.4, 0.5) is 0 Å². The van der Waals surface area contributed by atoms with E-state index >= 15 is 0 Å². The Balaban J connectivity index is 1.19. The van der Waals surface area contributed by atoms with Crippen LogP contribution in [0, 0.1) is 0 Å². The molecule has 12 heteroatoms. The first-order valence-corrected chi connectivity index (χ1v) is 24.8. The minimum Gasteiger partial charge on any atom is -0.459 e. The van der Waals surface area contributed by atoms with Crippen LogP contribution in [-0.2, 0) is 67.2 Å². The molecule has 7 rings (SSSR count). The molecule has 3 fully saturated rings. The largest absolute Gasteiger partial charge is 0.459 e. The maximum Gasteiger partial charge on any atom is 0.338 e. The van der Waals surface area contributed by atoms with Crippen molar-refractivity contribution in [2.45, 2.75) is 127 Å². The lowest BCUT2D eigenvalue weighted by molar-refractivity contribution is -0.352. The van der Waals surface area contributed by atoms with Crippen molar-refractivity contribution in [2.75, 3.05) is 19.8 Å². The van der Waals surface area contributed by atoms with Crippen molar-refractivity contribution in [1.29, 1.82) is 0 Å². The van der Waals surface area contributed by atoms with Gasteiger partial charge in [0.25, 0.3) is 0 Å². The first-order valence-electron chi connectivity index (χ1n) is 21.1. The second-order valence-electron chi connectivity index (χ2n) is 17.3. The Labute approximate surface area is 355 Å². The normalized spacial score (nSPS) is 27.6. The van der Waals surface area contributed by atoms with Crippen molar-refractivity contribution in [2.24, 2.45) is 0 Å². The van der Waals surface area contributed by atoms with Crippen LogP contribution >= 0.6 is 0 Å². The lowest BCUT2D eigenvalue weighted by Crippen LogP contribution is -2.63. The molecule has 322 valence electrons. The van der Waals surface area contributed by atoms with Crippen molar-refractivity contribution >= 4 is 14.0 Å². The molecule has 0 aromatic heterocycles. The number of benzene rings is 4. The molecule has 3 aliphatic heterocycles. The summed E-state index contributed by atoms with van der Waals surface area (Å²) in [6, 6.07) is 39.9. The molecular weight excluding hydrogens is 781 g/mol. The van der Waals surface area contributed by atoms with Crippen LogP contribution in [0.2, 0.25) is 25.7 Å². The molecule has 3 heterocycles. The van der Waals surface area contributed by atoms with Gasteiger partial charge in [-0.1, -0.05) is 129 Å². The van der Waals surface area contributed by atoms with Crippen molar-refractivity contribution in [3.63, 3.8) is 0 Å². The summed E-state index contributed by atoms with van der Waals surface area (Å²) in [5, 5.41) is 0. The molecule has 0 bridgehead atoms. The molecule has 3 aliphatic rings. The fourth-order valence-electron chi connectivity index (χ4n) is 7.65. The van der Waals surface area contributed by atoms with Crippen LogP contribution < -0.4 is 0 Å². The topological polar surface area (TPSA) is 109 Å². The van der Waals surface area contributed by atoms with Gasteiger partial charge in [-0.3, -0.25) is 0 Å². The Morgan fingerprint density at radius 2 is 1.22 bits per heavy atom. The fourth-order valence-corrected chi connectivity index (χ4v) is 8.38. The number of carbonyl (C=O) groups excluding carboxylic acids is 1. The average molecular weight is 841 g/mol. The zero-order valence-electron chi connectivity index (χ0n) is 35.4. The van der Waals surface area contributed by atoms with E-state index in [4.69, 9.17) is 47.4 Å². The van der Waals surface area contributed by atoms with Crippen molar-refractivity contribution in [3.8, 4) is 0 Å². The van der Waals surface area contributed by atoms with Gasteiger partial charge in [-0.15, -0.1) is 0 Å². The van der Waals surface area contributed by atoms with E-state index in [2.05, 4.69) is 19.6 Å². The first-order chi connectivity index (χ1) is 29.0. The van der Waals surface area contributed by atoms with Gasteiger partial charge in [0.2, 0.25) is 0 Å². The maximum atomic E-state index is 13.1. The molecule has 3 saturated heterocycles. The van der Waals surface area contributed by atoms with Crippen molar-refractivity contribution in [1.82, 2.24) is 0 Å². The summed E-state index contributed by atoms with van der Waals surface area (Å²) >= 11 is 0. The van der Waals surface area contributed by atoms with E-state index in [-0.39, 0.29) is 19.8 Å². The number of hydrogen-bond acceptors (Lipinski definition) is 11. The van der Waals surface area contributed by atoms with E-state index in [0.29, 0.717) is 31.8 Å². The SMILES string of the molecule is CC1(C)O[C@H]2[C@@H](COC(=O)c3ccccc3)O[C@@H](O[C@H]3[C@H](OCc4ccccc4)[C@@H](OCc4ccccc4)[C@H](OCC[Si](C)(C)C)O[C@@H]3COCc3ccccc3)C[C@H]2O1. The van der Waals surface area contributed by atoms with E-state index in [1.807, 2.05) is 111 Å². The number of rotatable bonds is 19. The van der Waals surface area contributed by atoms with Gasteiger partial charge in [-0.05, 0) is 48.7 Å². The zero-order valence-corrected chi connectivity index (χ0v) is 36.4. The number of ether oxygens (including phenoxy) is 10. The lowest BCUT2D eigenvalue weighted by Gasteiger charge is -2.47. The number of carbonyl (C=O) groups is 1. The zero-order chi connectivity index (χ0) is 42.0. The molecule has 0 amide bonds. The van der Waals surface area contributed by atoms with Crippen molar-refractivity contribution < 1.29 is 52.2 Å². The van der Waals surface area contributed by atoms with Crippen molar-refractivity contribution in [3.05, 3.63) is 144 Å². The highest BCUT2D eigenvalue weighted by atomic mass is 28.3. The molecule has 0 spiro atoms. The van der Waals surface area contributed by atoms with Crippen LogP contribution in [-0.4, -0.2) is 95.0 Å². The van der Waals surface area contributed by atoms with Gasteiger partial charge < -0.3 is 47.4 Å². The number of hydrogen-bond donors (Lipinski definition) is 0. The van der Waals surface area contributed by atoms with Crippen LogP contribution in [0.5, 0.6) is 0 Å². The summed E-state index contributed by atoms with van der Waals surface area (Å²) in [5.74, 6) is -1.34. The number of fused-ring (bicyclic) bond motifs is 1. The highest BCUT2D eigenvalue weighted by molar-refractivity contribution is 6.76. The van der Waals surface area contributed by atoms with Crippen LogP contribution in [0.15, 0.2) is 121 Å². The fraction of sp³-hybridized carbons (Fsp3) is 0.479. The van der Waals surface area contributed by atoms with Gasteiger partial charge in [0, 0.05) is 21.1 Å². The molecular formula is C48H60O11Si. The van der Waals surface area contributed by atoms with Gasteiger partial charge in [-0.25, -0.2) is 4.79 Å². The third-order valence-electron chi connectivity index (χ3n) is 10.7. The second-order valence-corrected chi connectivity index (χ2v) is 22.9. The molecule has 0 N–H and O–H groups in total. The monoisotopic (exact) mass is 840 g/mol. The number of esters is 1. The second kappa shape index (κ2) is 20.8. The van der Waals surface area contributed by atoms with E-state index in [1.54, 1.807) is 24.3 Å². The highest BCUT2D eigenvalue weighted by Gasteiger charge is 2.54. The molecule has 9 atom stereocenters. The Hall–Kier alpha value is -3.79. The molecule has 0 radical (unpaired) electrons. The van der Waals surface area contributed by atoms with Gasteiger partial charge in [-0.2, -0.15) is 0 Å². The Bertz CT molecular complexity index is 1880. The van der Waals surface area contributed by atoms with Gasteiger partial charge in [0.15, 0.2) is 18.4 Å². The van der Waals surface area contributed by atoms with E-state index in [1.165, 1.54) is 0 Å². The predicted octanol–water partition coefficient (Wildman–Crippen LogP) is 8.33. The Morgan fingerprint density at radius 3 is 1.82 bits per heavy atom. The summed E-state index contributed by atoms with van der Waals surface area (Å²) in [7, 11) is -1.46. The minimum absolute atomic E-state index is 0.0667. The molecule has 0 saturated carbocycles. The quantitative estimate of drug-likeness (QED) is 0.0672. The smallest absolute Gasteiger partial charge is 0.338 e. The Kier molecular flexibility index (Phi) is 15.4. The third-order valence-corrected chi connectivity index (χ3v) is 12.4. The van der Waals surface area contributed by atoms with E-state index in [0.717, 1.165) is 22.7 Å². The van der Waals surface area contributed by atoms with E-state index < -0.39 is 75.1 Å². The molecule has 4 aromatic rings. The van der Waals surface area contributed by atoms with Crippen LogP contribution in [0.1, 0.15) is 47.3 Å².